The second-order valence-electron chi connectivity index (χ2n) is 7.63. The number of hydrogen-bond donors (Lipinski definition) is 3. The lowest BCUT2D eigenvalue weighted by molar-refractivity contribution is -0.142. The number of carbonyl (C=O) groups is 2. The maximum atomic E-state index is 14.3. The summed E-state index contributed by atoms with van der Waals surface area (Å²) in [6.07, 6.45) is 0. The zero-order chi connectivity index (χ0) is 22.3. The Kier molecular flexibility index (Phi) is 4.88. The first-order chi connectivity index (χ1) is 14.7. The molecule has 1 aromatic heterocycles. The molecule has 4 rings (SSSR count). The van der Waals surface area contributed by atoms with Gasteiger partial charge in [0.25, 0.3) is 5.91 Å². The number of hydrogen-bond acceptors (Lipinski definition) is 5. The second-order valence-corrected chi connectivity index (χ2v) is 7.63. The third-order valence-electron chi connectivity index (χ3n) is 5.22. The van der Waals surface area contributed by atoms with Gasteiger partial charge in [-0.25, -0.2) is 18.7 Å². The van der Waals surface area contributed by atoms with Gasteiger partial charge >= 0.3 is 5.97 Å². The van der Waals surface area contributed by atoms with Crippen LogP contribution in [0.25, 0.3) is 11.4 Å². The van der Waals surface area contributed by atoms with Gasteiger partial charge in [-0.15, -0.1) is 0 Å². The van der Waals surface area contributed by atoms with Crippen LogP contribution in [-0.2, 0) is 16.8 Å². The molecule has 3 N–H and O–H groups in total. The van der Waals surface area contributed by atoms with Crippen LogP contribution in [0.3, 0.4) is 0 Å². The predicted octanol–water partition coefficient (Wildman–Crippen LogP) is 3.77. The van der Waals surface area contributed by atoms with Crippen molar-refractivity contribution in [1.29, 1.82) is 0 Å². The molecule has 0 atom stereocenters. The van der Waals surface area contributed by atoms with E-state index in [-0.39, 0.29) is 29.3 Å². The molecular formula is C22H18F2N4O3. The van der Waals surface area contributed by atoms with E-state index in [2.05, 4.69) is 20.6 Å². The lowest BCUT2D eigenvalue weighted by Crippen LogP contribution is -2.28. The van der Waals surface area contributed by atoms with Gasteiger partial charge in [-0.1, -0.05) is 18.2 Å². The fraction of sp³-hybridized carbons (Fsp3) is 0.182. The highest BCUT2D eigenvalue weighted by molar-refractivity contribution is 6.03. The van der Waals surface area contributed by atoms with Crippen LogP contribution >= 0.6 is 0 Å². The molecule has 0 spiro atoms. The van der Waals surface area contributed by atoms with Crippen LogP contribution in [0, 0.1) is 11.6 Å². The smallest absolute Gasteiger partial charge is 0.313 e. The summed E-state index contributed by atoms with van der Waals surface area (Å²) in [5.74, 6) is -3.08. The van der Waals surface area contributed by atoms with Crippen LogP contribution in [0.5, 0.6) is 0 Å². The van der Waals surface area contributed by atoms with Gasteiger partial charge in [0.05, 0.1) is 23.2 Å². The number of nitrogens with zero attached hydrogens (tertiary/aromatic N) is 2. The lowest BCUT2D eigenvalue weighted by atomic mass is 9.85. The maximum absolute atomic E-state index is 14.3. The molecule has 0 saturated carbocycles. The summed E-state index contributed by atoms with van der Waals surface area (Å²) in [7, 11) is 0. The van der Waals surface area contributed by atoms with Crippen molar-refractivity contribution in [3.63, 3.8) is 0 Å². The predicted molar refractivity (Wildman–Crippen MR) is 109 cm³/mol. The number of benzene rings is 2. The first-order valence-electron chi connectivity index (χ1n) is 9.43. The van der Waals surface area contributed by atoms with E-state index < -0.39 is 28.9 Å². The van der Waals surface area contributed by atoms with E-state index in [0.29, 0.717) is 16.9 Å². The fourth-order valence-electron chi connectivity index (χ4n) is 3.27. The number of amides is 1. The number of halogens is 2. The molecule has 7 nitrogen and oxygen atoms in total. The molecule has 0 saturated heterocycles. The van der Waals surface area contributed by atoms with Crippen molar-refractivity contribution in [1.82, 2.24) is 15.3 Å². The first kappa shape index (κ1) is 20.4. The van der Waals surface area contributed by atoms with E-state index in [1.807, 2.05) is 0 Å². The van der Waals surface area contributed by atoms with Crippen LogP contribution in [0.15, 0.2) is 42.5 Å². The number of carboxylic acid groups (broad SMARTS) is 1. The summed E-state index contributed by atoms with van der Waals surface area (Å²) in [6, 6.07) is 10.0. The second kappa shape index (κ2) is 7.42. The minimum atomic E-state index is -1.08. The molecule has 158 valence electrons. The number of aromatic nitrogens is 2. The number of carboxylic acids is 1. The average molecular weight is 424 g/mol. The Bertz CT molecular complexity index is 1190. The molecule has 0 bridgehead atoms. The van der Waals surface area contributed by atoms with Crippen LogP contribution in [0.4, 0.5) is 20.3 Å². The Morgan fingerprint density at radius 1 is 1.06 bits per heavy atom. The quantitative estimate of drug-likeness (QED) is 0.576. The lowest BCUT2D eigenvalue weighted by Gasteiger charge is -2.20. The van der Waals surface area contributed by atoms with Crippen molar-refractivity contribution in [2.45, 2.75) is 25.8 Å². The molecule has 1 aliphatic heterocycles. The normalized spacial score (nSPS) is 13.0. The summed E-state index contributed by atoms with van der Waals surface area (Å²) in [5.41, 5.74) is 0.158. The molecule has 1 amide bonds. The Morgan fingerprint density at radius 3 is 2.32 bits per heavy atom. The topological polar surface area (TPSA) is 104 Å². The van der Waals surface area contributed by atoms with E-state index in [9.17, 15) is 23.5 Å². The third-order valence-corrected chi connectivity index (χ3v) is 5.22. The molecule has 3 aromatic rings. The molecule has 2 heterocycles. The van der Waals surface area contributed by atoms with Gasteiger partial charge in [-0.05, 0) is 43.7 Å². The van der Waals surface area contributed by atoms with Gasteiger partial charge in [-0.2, -0.15) is 0 Å². The Hall–Kier alpha value is -3.88. The van der Waals surface area contributed by atoms with Crippen LogP contribution < -0.4 is 10.6 Å². The number of aliphatic carboxylic acids is 1. The molecule has 31 heavy (non-hydrogen) atoms. The molecule has 0 unspecified atom stereocenters. The zero-order valence-electron chi connectivity index (χ0n) is 16.7. The number of nitrogens with one attached hydrogen (secondary N) is 2. The summed E-state index contributed by atoms with van der Waals surface area (Å²) < 4.78 is 28.5. The standard InChI is InChI=1S/C22H18F2N4O3/c1-22(2,21(30)31)11-6-8-12(9-7-11)26-19-17-15(10-25-20(17)29)27-18(28-19)16-13(23)4-3-5-14(16)24/h3-9H,10H2,1-2H3,(H,25,29)(H,30,31)(H,26,27,28). The number of rotatable bonds is 5. The maximum Gasteiger partial charge on any atom is 0.313 e. The van der Waals surface area contributed by atoms with Crippen molar-refractivity contribution in [3.8, 4) is 11.4 Å². The van der Waals surface area contributed by atoms with Crippen molar-refractivity contribution in [2.75, 3.05) is 5.32 Å². The summed E-state index contributed by atoms with van der Waals surface area (Å²) >= 11 is 0. The molecule has 2 aromatic carbocycles. The monoisotopic (exact) mass is 424 g/mol. The van der Waals surface area contributed by atoms with E-state index >= 15 is 0 Å². The average Bonchev–Trinajstić information content (AvgIpc) is 3.09. The van der Waals surface area contributed by atoms with E-state index in [4.69, 9.17) is 0 Å². The first-order valence-corrected chi connectivity index (χ1v) is 9.43. The van der Waals surface area contributed by atoms with Gasteiger partial charge in [0, 0.05) is 5.69 Å². The molecule has 9 heteroatoms. The highest BCUT2D eigenvalue weighted by Gasteiger charge is 2.30. The van der Waals surface area contributed by atoms with Crippen molar-refractivity contribution in [2.24, 2.45) is 0 Å². The van der Waals surface area contributed by atoms with Crippen LogP contribution in [-0.4, -0.2) is 27.0 Å². The minimum absolute atomic E-state index is 0.0999. The van der Waals surface area contributed by atoms with Gasteiger partial charge < -0.3 is 15.7 Å². The van der Waals surface area contributed by atoms with E-state index in [1.54, 1.807) is 38.1 Å². The van der Waals surface area contributed by atoms with Crippen molar-refractivity contribution in [3.05, 3.63) is 70.9 Å². The highest BCUT2D eigenvalue weighted by Crippen LogP contribution is 2.31. The molecular weight excluding hydrogens is 406 g/mol. The van der Waals surface area contributed by atoms with Crippen molar-refractivity contribution >= 4 is 23.4 Å². The SMILES string of the molecule is CC(C)(C(=O)O)c1ccc(Nc2nc(-c3c(F)cccc3F)nc3c2C(=O)NC3)cc1. The summed E-state index contributed by atoms with van der Waals surface area (Å²) in [5, 5.41) is 15.0. The van der Waals surface area contributed by atoms with Gasteiger partial charge in [0.2, 0.25) is 0 Å². The largest absolute Gasteiger partial charge is 0.481 e. The van der Waals surface area contributed by atoms with Gasteiger partial charge in [-0.3, -0.25) is 9.59 Å². The van der Waals surface area contributed by atoms with Crippen LogP contribution in [0.1, 0.15) is 35.5 Å². The van der Waals surface area contributed by atoms with Crippen molar-refractivity contribution < 1.29 is 23.5 Å². The molecule has 0 fully saturated rings. The van der Waals surface area contributed by atoms with E-state index in [0.717, 1.165) is 12.1 Å². The Morgan fingerprint density at radius 2 is 1.71 bits per heavy atom. The molecule has 0 aliphatic carbocycles. The Labute approximate surface area is 176 Å². The minimum Gasteiger partial charge on any atom is -0.481 e. The summed E-state index contributed by atoms with van der Waals surface area (Å²) in [6.45, 7) is 3.30. The Balaban J connectivity index is 1.76. The fourth-order valence-corrected chi connectivity index (χ4v) is 3.27. The summed E-state index contributed by atoms with van der Waals surface area (Å²) in [4.78, 5) is 32.1. The van der Waals surface area contributed by atoms with Gasteiger partial charge in [0.1, 0.15) is 23.0 Å². The molecule has 0 radical (unpaired) electrons. The number of fused-ring (bicyclic) bond motifs is 1. The third kappa shape index (κ3) is 3.58. The highest BCUT2D eigenvalue weighted by atomic mass is 19.1. The number of anilines is 2. The number of carbonyl (C=O) groups excluding carboxylic acids is 1. The van der Waals surface area contributed by atoms with Gasteiger partial charge in [0.15, 0.2) is 5.82 Å². The molecule has 1 aliphatic rings. The zero-order valence-corrected chi connectivity index (χ0v) is 16.7. The van der Waals surface area contributed by atoms with Crippen LogP contribution in [0.2, 0.25) is 0 Å². The van der Waals surface area contributed by atoms with E-state index in [1.165, 1.54) is 6.07 Å².